The number of hydrogen-bond acceptors (Lipinski definition) is 3. The fraction of sp³-hybridized carbons (Fsp3) is 0.778. The van der Waals surface area contributed by atoms with Crippen molar-refractivity contribution in [1.29, 1.82) is 0 Å². The summed E-state index contributed by atoms with van der Waals surface area (Å²) in [5.41, 5.74) is 0. The van der Waals surface area contributed by atoms with Gasteiger partial charge in [-0.15, -0.1) is 0 Å². The van der Waals surface area contributed by atoms with Crippen LogP contribution in [0.4, 0.5) is 0 Å². The van der Waals surface area contributed by atoms with E-state index >= 15 is 0 Å². The second-order valence-corrected chi connectivity index (χ2v) is 3.32. The zero-order valence-corrected chi connectivity index (χ0v) is 7.12. The molecular formula is C9H14O3. The molecule has 12 heavy (non-hydrogen) atoms. The van der Waals surface area contributed by atoms with Crippen LogP contribution in [0.15, 0.2) is 12.8 Å². The van der Waals surface area contributed by atoms with E-state index in [2.05, 4.69) is 6.58 Å². The molecule has 0 aromatic heterocycles. The van der Waals surface area contributed by atoms with Gasteiger partial charge in [0.25, 0.3) is 0 Å². The maximum absolute atomic E-state index is 5.61. The first-order valence-corrected chi connectivity index (χ1v) is 4.39. The van der Waals surface area contributed by atoms with E-state index in [9.17, 15) is 0 Å². The summed E-state index contributed by atoms with van der Waals surface area (Å²) in [6, 6.07) is 0. The van der Waals surface area contributed by atoms with Gasteiger partial charge in [-0.05, 0) is 6.42 Å². The Hall–Kier alpha value is -0.540. The topological polar surface area (TPSA) is 31.0 Å². The van der Waals surface area contributed by atoms with Crippen LogP contribution in [0.3, 0.4) is 0 Å². The zero-order valence-electron chi connectivity index (χ0n) is 7.12. The molecule has 0 spiro atoms. The summed E-state index contributed by atoms with van der Waals surface area (Å²) in [6.45, 7) is 5.03. The van der Waals surface area contributed by atoms with Crippen molar-refractivity contribution in [3.05, 3.63) is 12.8 Å². The lowest BCUT2D eigenvalue weighted by molar-refractivity contribution is -0.251. The first-order chi connectivity index (χ1) is 5.85. The average Bonchev–Trinajstić information content (AvgIpc) is 2.77. The van der Waals surface area contributed by atoms with Crippen molar-refractivity contribution in [1.82, 2.24) is 0 Å². The Morgan fingerprint density at radius 1 is 1.58 bits per heavy atom. The van der Waals surface area contributed by atoms with Crippen molar-refractivity contribution in [2.75, 3.05) is 13.2 Å². The maximum Gasteiger partial charge on any atom is 0.209 e. The highest BCUT2D eigenvalue weighted by Gasteiger charge is 2.41. The van der Waals surface area contributed by atoms with Crippen LogP contribution >= 0.6 is 0 Å². The number of ether oxygens (including phenoxy) is 3. The van der Waals surface area contributed by atoms with Gasteiger partial charge in [-0.2, -0.15) is 0 Å². The van der Waals surface area contributed by atoms with Crippen LogP contribution in [0.1, 0.15) is 19.3 Å². The summed E-state index contributed by atoms with van der Waals surface area (Å²) in [6.07, 6.45) is 4.92. The first kappa shape index (κ1) is 8.08. The van der Waals surface area contributed by atoms with Crippen molar-refractivity contribution in [2.45, 2.75) is 31.2 Å². The molecule has 1 aliphatic heterocycles. The molecule has 1 unspecified atom stereocenters. The van der Waals surface area contributed by atoms with Crippen molar-refractivity contribution in [3.63, 3.8) is 0 Å². The molecule has 2 aliphatic rings. The van der Waals surface area contributed by atoms with Gasteiger partial charge in [-0.3, -0.25) is 0 Å². The van der Waals surface area contributed by atoms with Gasteiger partial charge in [-0.1, -0.05) is 6.58 Å². The number of epoxide rings is 1. The van der Waals surface area contributed by atoms with E-state index in [1.54, 1.807) is 0 Å². The van der Waals surface area contributed by atoms with E-state index in [4.69, 9.17) is 14.2 Å². The predicted molar refractivity (Wildman–Crippen MR) is 43.6 cm³/mol. The molecule has 3 heteroatoms. The molecule has 2 rings (SSSR count). The number of rotatable bonds is 5. The molecule has 0 N–H and O–H groups in total. The SMILES string of the molecule is C=COC1(OCC2CO2)CCC1. The van der Waals surface area contributed by atoms with Gasteiger partial charge in [0, 0.05) is 12.8 Å². The lowest BCUT2D eigenvalue weighted by Crippen LogP contribution is -2.42. The van der Waals surface area contributed by atoms with Crippen molar-refractivity contribution >= 4 is 0 Å². The zero-order chi connectivity index (χ0) is 8.44. The predicted octanol–water partition coefficient (Wildman–Crippen LogP) is 1.44. The molecule has 1 saturated heterocycles. The Morgan fingerprint density at radius 3 is 2.75 bits per heavy atom. The Kier molecular flexibility index (Phi) is 2.07. The van der Waals surface area contributed by atoms with Crippen LogP contribution < -0.4 is 0 Å². The molecule has 3 nitrogen and oxygen atoms in total. The summed E-state index contributed by atoms with van der Waals surface area (Å²) in [4.78, 5) is 0. The normalized spacial score (nSPS) is 30.5. The average molecular weight is 170 g/mol. The van der Waals surface area contributed by atoms with Crippen LogP contribution in [-0.2, 0) is 14.2 Å². The van der Waals surface area contributed by atoms with Gasteiger partial charge in [0.05, 0.1) is 19.5 Å². The summed E-state index contributed by atoms with van der Waals surface area (Å²) in [7, 11) is 0. The highest BCUT2D eigenvalue weighted by Crippen LogP contribution is 2.37. The van der Waals surface area contributed by atoms with Crippen molar-refractivity contribution < 1.29 is 14.2 Å². The third-order valence-corrected chi connectivity index (χ3v) is 2.35. The fourth-order valence-electron chi connectivity index (χ4n) is 1.32. The van der Waals surface area contributed by atoms with Gasteiger partial charge in [-0.25, -0.2) is 0 Å². The minimum Gasteiger partial charge on any atom is -0.471 e. The minimum absolute atomic E-state index is 0.316. The molecule has 68 valence electrons. The maximum atomic E-state index is 5.61. The third kappa shape index (κ3) is 1.62. The molecule has 0 aromatic carbocycles. The fourth-order valence-corrected chi connectivity index (χ4v) is 1.32. The van der Waals surface area contributed by atoms with Crippen LogP contribution in [0.2, 0.25) is 0 Å². The van der Waals surface area contributed by atoms with Gasteiger partial charge in [0.1, 0.15) is 6.10 Å². The van der Waals surface area contributed by atoms with E-state index in [0.29, 0.717) is 12.7 Å². The second-order valence-electron chi connectivity index (χ2n) is 3.32. The van der Waals surface area contributed by atoms with Crippen molar-refractivity contribution in [3.8, 4) is 0 Å². The van der Waals surface area contributed by atoms with Gasteiger partial charge in [0.15, 0.2) is 0 Å². The first-order valence-electron chi connectivity index (χ1n) is 4.39. The van der Waals surface area contributed by atoms with Gasteiger partial charge >= 0.3 is 0 Å². The minimum atomic E-state index is -0.353. The smallest absolute Gasteiger partial charge is 0.209 e. The molecule has 1 aliphatic carbocycles. The molecule has 1 atom stereocenters. The summed E-state index contributed by atoms with van der Waals surface area (Å²) in [5.74, 6) is -0.353. The molecular weight excluding hydrogens is 156 g/mol. The summed E-state index contributed by atoms with van der Waals surface area (Å²) in [5, 5.41) is 0. The highest BCUT2D eigenvalue weighted by atomic mass is 16.7. The Balaban J connectivity index is 1.75. The quantitative estimate of drug-likeness (QED) is 0.355. The van der Waals surface area contributed by atoms with Crippen LogP contribution in [-0.4, -0.2) is 25.1 Å². The van der Waals surface area contributed by atoms with E-state index < -0.39 is 0 Å². The largest absolute Gasteiger partial charge is 0.471 e. The van der Waals surface area contributed by atoms with Crippen LogP contribution in [0.5, 0.6) is 0 Å². The standard InChI is InChI=1S/C9H14O3/c1-2-11-9(4-3-5-9)12-7-8-6-10-8/h2,8H,1,3-7H2. The molecule has 0 amide bonds. The third-order valence-electron chi connectivity index (χ3n) is 2.35. The highest BCUT2D eigenvalue weighted by molar-refractivity contribution is 4.84. The van der Waals surface area contributed by atoms with E-state index in [1.165, 1.54) is 12.7 Å². The molecule has 0 bridgehead atoms. The lowest BCUT2D eigenvalue weighted by atomic mass is 9.91. The second kappa shape index (κ2) is 3.07. The number of hydrogen-bond donors (Lipinski definition) is 0. The lowest BCUT2D eigenvalue weighted by Gasteiger charge is -2.39. The van der Waals surface area contributed by atoms with Crippen molar-refractivity contribution in [2.24, 2.45) is 0 Å². The monoisotopic (exact) mass is 170 g/mol. The molecule has 1 saturated carbocycles. The van der Waals surface area contributed by atoms with E-state index in [0.717, 1.165) is 19.4 Å². The Labute approximate surface area is 72.3 Å². The van der Waals surface area contributed by atoms with Crippen LogP contribution in [0, 0.1) is 0 Å². The molecule has 1 heterocycles. The summed E-state index contributed by atoms with van der Waals surface area (Å²) >= 11 is 0. The summed E-state index contributed by atoms with van der Waals surface area (Å²) < 4.78 is 16.0. The molecule has 0 aromatic rings. The van der Waals surface area contributed by atoms with E-state index in [-0.39, 0.29) is 5.79 Å². The molecule has 0 radical (unpaired) electrons. The Morgan fingerprint density at radius 2 is 2.33 bits per heavy atom. The van der Waals surface area contributed by atoms with Crippen LogP contribution in [0.25, 0.3) is 0 Å². The molecule has 2 fully saturated rings. The van der Waals surface area contributed by atoms with Gasteiger partial charge in [0.2, 0.25) is 5.79 Å². The van der Waals surface area contributed by atoms with Gasteiger partial charge < -0.3 is 14.2 Å². The van der Waals surface area contributed by atoms with E-state index in [1.807, 2.05) is 0 Å². The Bertz CT molecular complexity index is 171.